The number of fused-ring (bicyclic) bond motifs is 1. The van der Waals surface area contributed by atoms with Gasteiger partial charge in [-0.1, -0.05) is 25.0 Å². The van der Waals surface area contributed by atoms with Gasteiger partial charge in [-0.3, -0.25) is 4.98 Å². The summed E-state index contributed by atoms with van der Waals surface area (Å²) in [6, 6.07) is 11.2. The summed E-state index contributed by atoms with van der Waals surface area (Å²) in [7, 11) is 2.30. The molecular formula is C27H33N3O2. The maximum atomic E-state index is 13.2. The van der Waals surface area contributed by atoms with Gasteiger partial charge >= 0.3 is 6.09 Å². The van der Waals surface area contributed by atoms with Gasteiger partial charge in [0.1, 0.15) is 5.75 Å². The molecular weight excluding hydrogens is 398 g/mol. The van der Waals surface area contributed by atoms with Crippen LogP contribution in [-0.2, 0) is 11.8 Å². The summed E-state index contributed by atoms with van der Waals surface area (Å²) in [4.78, 5) is 21.9. The Hall–Kier alpha value is -2.40. The van der Waals surface area contributed by atoms with Crippen LogP contribution in [0.25, 0.3) is 0 Å². The van der Waals surface area contributed by atoms with Gasteiger partial charge < -0.3 is 14.5 Å². The monoisotopic (exact) mass is 431 g/mol. The highest BCUT2D eigenvalue weighted by molar-refractivity contribution is 5.72. The molecule has 2 aliphatic heterocycles. The lowest BCUT2D eigenvalue weighted by Gasteiger charge is -2.58. The molecule has 2 aromatic rings. The van der Waals surface area contributed by atoms with Crippen molar-refractivity contribution in [2.75, 3.05) is 20.1 Å². The molecule has 3 heterocycles. The van der Waals surface area contributed by atoms with E-state index < -0.39 is 0 Å². The number of rotatable bonds is 2. The fourth-order valence-corrected chi connectivity index (χ4v) is 7.30. The molecule has 2 saturated heterocycles. The standard InChI is InChI=1S/C27H33N3O2/c1-29-15-12-27-11-3-2-7-22(27)25(29)16-19-9-10-21(17-23(19)27)32-26(31)30-14-5-8-24(30)20-6-4-13-28-18-20/h4,6,9-10,13,17-18,22,24-25H,2-3,5,7-8,11-12,14-16H2,1H3/t22-,24-,25-,27?/m0/s1. The molecule has 4 aliphatic rings. The molecule has 1 aromatic carbocycles. The lowest BCUT2D eigenvalue weighted by molar-refractivity contribution is 0.00273. The van der Waals surface area contributed by atoms with Crippen molar-refractivity contribution in [2.45, 2.75) is 68.9 Å². The number of hydrogen-bond acceptors (Lipinski definition) is 4. The zero-order valence-corrected chi connectivity index (χ0v) is 19.0. The number of hydrogen-bond donors (Lipinski definition) is 0. The SMILES string of the molecule is CN1CCC23CCCC[C@H]2[C@@H]1Cc1ccc(OC(=O)N2CCC[C@H]2c2cccnc2)cc13. The van der Waals surface area contributed by atoms with E-state index in [0.29, 0.717) is 11.8 Å². The summed E-state index contributed by atoms with van der Waals surface area (Å²) in [6.07, 6.45) is 13.0. The van der Waals surface area contributed by atoms with Crippen LogP contribution < -0.4 is 4.74 Å². The summed E-state index contributed by atoms with van der Waals surface area (Å²) in [5, 5.41) is 0. The summed E-state index contributed by atoms with van der Waals surface area (Å²) in [5.74, 6) is 1.45. The van der Waals surface area contributed by atoms with Crippen molar-refractivity contribution in [1.82, 2.24) is 14.8 Å². The van der Waals surface area contributed by atoms with Crippen molar-refractivity contribution in [2.24, 2.45) is 5.92 Å². The molecule has 0 radical (unpaired) electrons. The number of piperidine rings is 1. The van der Waals surface area contributed by atoms with Gasteiger partial charge in [0.2, 0.25) is 0 Å². The van der Waals surface area contributed by atoms with E-state index >= 15 is 0 Å². The molecule has 6 rings (SSSR count). The highest BCUT2D eigenvalue weighted by atomic mass is 16.6. The Balaban J connectivity index is 1.28. The molecule has 1 unspecified atom stereocenters. The van der Waals surface area contributed by atoms with Gasteiger partial charge in [0.05, 0.1) is 6.04 Å². The first-order valence-corrected chi connectivity index (χ1v) is 12.4. The van der Waals surface area contributed by atoms with E-state index in [1.807, 2.05) is 23.2 Å². The Morgan fingerprint density at radius 3 is 2.94 bits per heavy atom. The minimum Gasteiger partial charge on any atom is -0.410 e. The Kier molecular flexibility index (Phi) is 4.98. The first-order valence-electron chi connectivity index (χ1n) is 12.4. The first-order chi connectivity index (χ1) is 15.7. The van der Waals surface area contributed by atoms with E-state index in [-0.39, 0.29) is 17.6 Å². The third-order valence-electron chi connectivity index (χ3n) is 8.85. The third-order valence-corrected chi connectivity index (χ3v) is 8.85. The van der Waals surface area contributed by atoms with Gasteiger partial charge in [-0.2, -0.15) is 0 Å². The predicted molar refractivity (Wildman–Crippen MR) is 124 cm³/mol. The summed E-state index contributed by atoms with van der Waals surface area (Å²) in [5.41, 5.74) is 4.31. The molecule has 1 saturated carbocycles. The van der Waals surface area contributed by atoms with E-state index in [4.69, 9.17) is 4.74 Å². The van der Waals surface area contributed by atoms with Crippen molar-refractivity contribution >= 4 is 6.09 Å². The van der Waals surface area contributed by atoms with E-state index in [1.54, 1.807) is 6.20 Å². The number of carbonyl (C=O) groups is 1. The molecule has 2 aliphatic carbocycles. The average Bonchev–Trinajstić information content (AvgIpc) is 3.33. The number of pyridine rings is 1. The maximum absolute atomic E-state index is 13.2. The number of aromatic nitrogens is 1. The smallest absolute Gasteiger partial charge is 0.410 e. The lowest BCUT2D eigenvalue weighted by Crippen LogP contribution is -2.59. The van der Waals surface area contributed by atoms with Crippen LogP contribution >= 0.6 is 0 Å². The molecule has 3 fully saturated rings. The summed E-state index contributed by atoms with van der Waals surface area (Å²) in [6.45, 7) is 1.91. The number of carbonyl (C=O) groups excluding carboxylic acids is 1. The number of likely N-dealkylation sites (N-methyl/N-ethyl adjacent to an activating group) is 1. The average molecular weight is 432 g/mol. The minimum absolute atomic E-state index is 0.0600. The van der Waals surface area contributed by atoms with Gasteiger partial charge in [0, 0.05) is 30.4 Å². The Morgan fingerprint density at radius 2 is 2.06 bits per heavy atom. The maximum Gasteiger partial charge on any atom is 0.415 e. The van der Waals surface area contributed by atoms with Crippen LogP contribution in [0.3, 0.4) is 0 Å². The Labute approximate surface area is 190 Å². The van der Waals surface area contributed by atoms with E-state index in [9.17, 15) is 4.79 Å². The van der Waals surface area contributed by atoms with Gasteiger partial charge in [0.25, 0.3) is 0 Å². The van der Waals surface area contributed by atoms with Gasteiger partial charge in [-0.25, -0.2) is 4.79 Å². The molecule has 1 amide bonds. The number of amides is 1. The van der Waals surface area contributed by atoms with Gasteiger partial charge in [-0.05, 0) is 92.9 Å². The normalized spacial score (nSPS) is 31.7. The van der Waals surface area contributed by atoms with Crippen molar-refractivity contribution in [1.29, 1.82) is 0 Å². The van der Waals surface area contributed by atoms with Crippen molar-refractivity contribution in [3.63, 3.8) is 0 Å². The van der Waals surface area contributed by atoms with Crippen LogP contribution in [0.15, 0.2) is 42.7 Å². The fraction of sp³-hybridized carbons (Fsp3) is 0.556. The first kappa shape index (κ1) is 20.2. The van der Waals surface area contributed by atoms with Crippen molar-refractivity contribution in [3.8, 4) is 5.75 Å². The largest absolute Gasteiger partial charge is 0.415 e. The molecule has 0 spiro atoms. The van der Waals surface area contributed by atoms with Crippen molar-refractivity contribution < 1.29 is 9.53 Å². The van der Waals surface area contributed by atoms with E-state index in [0.717, 1.165) is 37.3 Å². The highest BCUT2D eigenvalue weighted by Crippen LogP contribution is 2.56. The minimum atomic E-state index is -0.230. The fourth-order valence-electron chi connectivity index (χ4n) is 7.30. The molecule has 5 heteroatoms. The second-order valence-corrected chi connectivity index (χ2v) is 10.3. The third kappa shape index (κ3) is 3.16. The van der Waals surface area contributed by atoms with Crippen LogP contribution in [0.2, 0.25) is 0 Å². The number of benzene rings is 1. The van der Waals surface area contributed by atoms with Crippen LogP contribution in [0.4, 0.5) is 4.79 Å². The molecule has 32 heavy (non-hydrogen) atoms. The quantitative estimate of drug-likeness (QED) is 0.663. The molecule has 2 bridgehead atoms. The zero-order chi connectivity index (χ0) is 21.7. The molecule has 0 N–H and O–H groups in total. The summed E-state index contributed by atoms with van der Waals surface area (Å²) < 4.78 is 6.01. The predicted octanol–water partition coefficient (Wildman–Crippen LogP) is 5.11. The van der Waals surface area contributed by atoms with Crippen LogP contribution in [0.5, 0.6) is 5.75 Å². The van der Waals surface area contributed by atoms with Gasteiger partial charge in [0.15, 0.2) is 0 Å². The molecule has 4 atom stereocenters. The molecule has 1 aromatic heterocycles. The topological polar surface area (TPSA) is 45.7 Å². The van der Waals surface area contributed by atoms with Crippen molar-refractivity contribution in [3.05, 3.63) is 59.4 Å². The number of likely N-dealkylation sites (tertiary alicyclic amines) is 2. The number of ether oxygens (including phenoxy) is 1. The summed E-state index contributed by atoms with van der Waals surface area (Å²) >= 11 is 0. The lowest BCUT2D eigenvalue weighted by atomic mass is 9.52. The second-order valence-electron chi connectivity index (χ2n) is 10.3. The number of nitrogens with zero attached hydrogens (tertiary/aromatic N) is 3. The Bertz CT molecular complexity index is 1010. The van der Waals surface area contributed by atoms with Crippen LogP contribution in [-0.4, -0.2) is 47.1 Å². The molecule has 5 nitrogen and oxygen atoms in total. The van der Waals surface area contributed by atoms with Crippen LogP contribution in [0.1, 0.15) is 67.7 Å². The second kappa shape index (κ2) is 7.87. The van der Waals surface area contributed by atoms with Gasteiger partial charge in [-0.15, -0.1) is 0 Å². The van der Waals surface area contributed by atoms with Crippen LogP contribution in [0, 0.1) is 5.92 Å². The molecule has 168 valence electrons. The zero-order valence-electron chi connectivity index (χ0n) is 19.0. The Morgan fingerprint density at radius 1 is 1.12 bits per heavy atom. The van der Waals surface area contributed by atoms with E-state index in [2.05, 4.69) is 35.1 Å². The highest BCUT2D eigenvalue weighted by Gasteiger charge is 2.53. The van der Waals surface area contributed by atoms with E-state index in [1.165, 1.54) is 49.8 Å².